The Morgan fingerprint density at radius 2 is 2.12 bits per heavy atom. The van der Waals surface area contributed by atoms with E-state index in [0.29, 0.717) is 11.3 Å². The molecule has 0 aliphatic carbocycles. The highest BCUT2D eigenvalue weighted by molar-refractivity contribution is 5.96. The summed E-state index contributed by atoms with van der Waals surface area (Å²) < 4.78 is 0. The normalized spacial score (nSPS) is 11.1. The molecule has 17 heavy (non-hydrogen) atoms. The van der Waals surface area contributed by atoms with E-state index in [4.69, 9.17) is 10.9 Å². The van der Waals surface area contributed by atoms with Crippen LogP contribution in [0, 0.1) is 5.41 Å². The Morgan fingerprint density at radius 3 is 2.59 bits per heavy atom. The first-order valence-corrected chi connectivity index (χ1v) is 4.76. The minimum atomic E-state index is -0.857. The second-order valence-corrected chi connectivity index (χ2v) is 3.30. The number of rotatable bonds is 4. The highest BCUT2D eigenvalue weighted by Gasteiger charge is 2.08. The fourth-order valence-corrected chi connectivity index (χ4v) is 1.08. The van der Waals surface area contributed by atoms with E-state index in [1.807, 2.05) is 0 Å². The van der Waals surface area contributed by atoms with Gasteiger partial charge in [-0.05, 0) is 30.5 Å². The van der Waals surface area contributed by atoms with Crippen molar-refractivity contribution in [2.45, 2.75) is 13.0 Å². The van der Waals surface area contributed by atoms with Gasteiger partial charge in [0.2, 0.25) is 0 Å². The average molecular weight is 232 g/mol. The Morgan fingerprint density at radius 1 is 1.53 bits per heavy atom. The highest BCUT2D eigenvalue weighted by atomic mass is 16.3. The zero-order valence-corrected chi connectivity index (χ0v) is 9.04. The van der Waals surface area contributed by atoms with E-state index in [1.54, 1.807) is 0 Å². The summed E-state index contributed by atoms with van der Waals surface area (Å²) in [4.78, 5) is 14.2. The third kappa shape index (κ3) is 3.51. The molecule has 1 atom stereocenters. The lowest BCUT2D eigenvalue weighted by Gasteiger charge is -2.18. The number of nitrogens with zero attached hydrogens (tertiary/aromatic N) is 3. The second-order valence-electron chi connectivity index (χ2n) is 3.30. The van der Waals surface area contributed by atoms with Crippen LogP contribution in [-0.4, -0.2) is 17.8 Å². The predicted molar refractivity (Wildman–Crippen MR) is 59.9 cm³/mol. The summed E-state index contributed by atoms with van der Waals surface area (Å²) in [7, 11) is 0. The first-order valence-electron chi connectivity index (χ1n) is 4.76. The molecule has 1 aromatic carbocycles. The molecule has 88 valence electrons. The number of azide groups is 1. The maximum Gasteiger partial charge on any atom is 0.251 e. The van der Waals surface area contributed by atoms with Gasteiger partial charge in [0, 0.05) is 16.2 Å². The molecule has 1 rings (SSSR count). The number of nitrogens with one attached hydrogen (secondary N) is 2. The quantitative estimate of drug-likeness (QED) is 0.265. The van der Waals surface area contributed by atoms with Gasteiger partial charge < -0.3 is 15.8 Å². The van der Waals surface area contributed by atoms with Crippen molar-refractivity contribution in [1.29, 1.82) is 5.41 Å². The van der Waals surface area contributed by atoms with Crippen LogP contribution in [0.5, 0.6) is 0 Å². The van der Waals surface area contributed by atoms with Gasteiger partial charge in [-0.1, -0.05) is 17.2 Å². The molecule has 7 nitrogen and oxygen atoms in total. The topological polar surface area (TPSA) is 125 Å². The molecule has 1 aromatic rings. The summed E-state index contributed by atoms with van der Waals surface area (Å²) in [5, 5.41) is 23.2. The smallest absolute Gasteiger partial charge is 0.251 e. The van der Waals surface area contributed by atoms with Gasteiger partial charge in [-0.25, -0.2) is 0 Å². The molecule has 0 heterocycles. The van der Waals surface area contributed by atoms with Gasteiger partial charge in [0.15, 0.2) is 0 Å². The lowest BCUT2D eigenvalue weighted by Crippen LogP contribution is -2.43. The molecular weight excluding hydrogens is 222 g/mol. The molecule has 0 fully saturated rings. The molecule has 2 N–H and O–H groups in total. The van der Waals surface area contributed by atoms with E-state index in [0.717, 1.165) is 0 Å². The Bertz CT molecular complexity index is 476. The van der Waals surface area contributed by atoms with Gasteiger partial charge in [0.25, 0.3) is 5.91 Å². The van der Waals surface area contributed by atoms with Crippen LogP contribution in [-0.2, 0) is 0 Å². The molecule has 1 unspecified atom stereocenters. The first-order chi connectivity index (χ1) is 8.04. The van der Waals surface area contributed by atoms with Crippen LogP contribution in [0.25, 0.3) is 10.4 Å². The summed E-state index contributed by atoms with van der Waals surface area (Å²) in [6.07, 6.45) is 0. The molecule has 0 aliphatic heterocycles. The summed E-state index contributed by atoms with van der Waals surface area (Å²) in [6, 6.07) is 5.07. The van der Waals surface area contributed by atoms with E-state index in [2.05, 4.69) is 15.3 Å². The van der Waals surface area contributed by atoms with E-state index in [9.17, 15) is 9.90 Å². The molecule has 1 amide bonds. The molecule has 0 aromatic heterocycles. The highest BCUT2D eigenvalue weighted by Crippen LogP contribution is 2.12. The maximum absolute atomic E-state index is 11.6. The van der Waals surface area contributed by atoms with Gasteiger partial charge in [0.1, 0.15) is 0 Å². The minimum absolute atomic E-state index is 0.329. The van der Waals surface area contributed by atoms with Crippen molar-refractivity contribution in [3.05, 3.63) is 40.3 Å². The molecule has 0 radical (unpaired) electrons. The van der Waals surface area contributed by atoms with Gasteiger partial charge in [-0.3, -0.25) is 4.79 Å². The van der Waals surface area contributed by atoms with Gasteiger partial charge in [-0.15, -0.1) is 0 Å². The van der Waals surface area contributed by atoms with Crippen molar-refractivity contribution < 1.29 is 9.90 Å². The van der Waals surface area contributed by atoms with Crippen molar-refractivity contribution in [3.63, 3.8) is 0 Å². The van der Waals surface area contributed by atoms with Gasteiger partial charge in [-0.2, -0.15) is 0 Å². The standard InChI is InChI=1S/C10H11N5O2/c1-6(9(11)16)13-10(17)7-2-4-8(5-3-7)14-15-12/h2-6H,1H3,(H2,11,16)(H,13,17)/p-1. The molecule has 0 saturated carbocycles. The zero-order chi connectivity index (χ0) is 12.8. The number of carbonyl (C=O) groups is 1. The van der Waals surface area contributed by atoms with Crippen molar-refractivity contribution in [1.82, 2.24) is 5.32 Å². The molecular formula is C10H10N5O2-. The second kappa shape index (κ2) is 5.53. The van der Waals surface area contributed by atoms with Crippen LogP contribution in [0.1, 0.15) is 17.3 Å². The predicted octanol–water partition coefficient (Wildman–Crippen LogP) is 1.08. The van der Waals surface area contributed by atoms with Crippen LogP contribution in [0.3, 0.4) is 0 Å². The summed E-state index contributed by atoms with van der Waals surface area (Å²) in [6.45, 7) is 1.43. The molecule has 0 bridgehead atoms. The van der Waals surface area contributed by atoms with E-state index in [1.165, 1.54) is 31.2 Å². The van der Waals surface area contributed by atoms with Crippen molar-refractivity contribution in [2.24, 2.45) is 5.11 Å². The third-order valence-electron chi connectivity index (χ3n) is 2.03. The first kappa shape index (κ1) is 12.5. The van der Waals surface area contributed by atoms with Crippen molar-refractivity contribution in [3.8, 4) is 0 Å². The largest absolute Gasteiger partial charge is 0.861 e. The van der Waals surface area contributed by atoms with Crippen molar-refractivity contribution >= 4 is 17.5 Å². The van der Waals surface area contributed by atoms with Crippen molar-refractivity contribution in [2.75, 3.05) is 0 Å². The van der Waals surface area contributed by atoms with E-state index in [-0.39, 0.29) is 0 Å². The number of benzene rings is 1. The minimum Gasteiger partial charge on any atom is -0.861 e. The van der Waals surface area contributed by atoms with Gasteiger partial charge >= 0.3 is 0 Å². The molecule has 0 spiro atoms. The van der Waals surface area contributed by atoms with Gasteiger partial charge in [0.05, 0.1) is 6.04 Å². The SMILES string of the molecule is CC(NC(=O)c1ccc(N=[N+]=[N-])cc1)C(=N)[O-]. The lowest BCUT2D eigenvalue weighted by atomic mass is 10.2. The van der Waals surface area contributed by atoms with Crippen LogP contribution in [0.4, 0.5) is 5.69 Å². The lowest BCUT2D eigenvalue weighted by molar-refractivity contribution is -0.222. The number of hydrogen-bond acceptors (Lipinski definition) is 4. The average Bonchev–Trinajstić information content (AvgIpc) is 2.30. The molecule has 0 aliphatic rings. The zero-order valence-electron chi connectivity index (χ0n) is 9.04. The summed E-state index contributed by atoms with van der Waals surface area (Å²) >= 11 is 0. The number of carbonyl (C=O) groups excluding carboxylic acids is 1. The fourth-order valence-electron chi connectivity index (χ4n) is 1.08. The monoisotopic (exact) mass is 232 g/mol. The third-order valence-corrected chi connectivity index (χ3v) is 2.03. The van der Waals surface area contributed by atoms with E-state index < -0.39 is 17.8 Å². The maximum atomic E-state index is 11.6. The fraction of sp³-hybridized carbons (Fsp3) is 0.200. The Labute approximate surface area is 97.2 Å². The van der Waals surface area contributed by atoms with Crippen LogP contribution < -0.4 is 10.4 Å². The van der Waals surface area contributed by atoms with Crippen LogP contribution in [0.15, 0.2) is 29.4 Å². The van der Waals surface area contributed by atoms with Crippen LogP contribution >= 0.6 is 0 Å². The van der Waals surface area contributed by atoms with Crippen LogP contribution in [0.2, 0.25) is 0 Å². The summed E-state index contributed by atoms with van der Waals surface area (Å²) in [5.41, 5.74) is 8.92. The molecule has 0 saturated heterocycles. The number of hydrogen-bond donors (Lipinski definition) is 2. The summed E-state index contributed by atoms with van der Waals surface area (Å²) in [5.74, 6) is -1.31. The number of amides is 1. The Balaban J connectivity index is 2.76. The Kier molecular flexibility index (Phi) is 4.08. The van der Waals surface area contributed by atoms with E-state index >= 15 is 0 Å². The molecule has 7 heteroatoms. The Hall–Kier alpha value is -2.53.